The predicted molar refractivity (Wildman–Crippen MR) is 139 cm³/mol. The number of para-hydroxylation sites is 1. The van der Waals surface area contributed by atoms with Crippen LogP contribution >= 0.6 is 0 Å². The molecule has 1 N–H and O–H groups in total. The van der Waals surface area contributed by atoms with Gasteiger partial charge in [-0.25, -0.2) is 8.42 Å². The number of benzene rings is 3. The van der Waals surface area contributed by atoms with E-state index >= 15 is 0 Å². The van der Waals surface area contributed by atoms with Crippen LogP contribution in [-0.2, 0) is 26.2 Å². The minimum atomic E-state index is -4.11. The molecule has 0 fully saturated rings. The Kier molecular flexibility index (Phi) is 8.71. The average molecular weight is 510 g/mol. The van der Waals surface area contributed by atoms with Crippen LogP contribution in [0.4, 0.5) is 5.69 Å². The summed E-state index contributed by atoms with van der Waals surface area (Å²) < 4.78 is 33.6. The number of methoxy groups -OCH3 is 1. The molecule has 3 aromatic carbocycles. The zero-order chi connectivity index (χ0) is 26.3. The Hall–Kier alpha value is -3.85. The number of carbonyl (C=O) groups is 2. The van der Waals surface area contributed by atoms with Crippen LogP contribution in [0.2, 0.25) is 0 Å². The van der Waals surface area contributed by atoms with E-state index in [9.17, 15) is 18.0 Å². The van der Waals surface area contributed by atoms with Crippen molar-refractivity contribution in [1.29, 1.82) is 0 Å². The van der Waals surface area contributed by atoms with Gasteiger partial charge in [0.1, 0.15) is 18.3 Å². The van der Waals surface area contributed by atoms with Gasteiger partial charge in [0.2, 0.25) is 11.8 Å². The van der Waals surface area contributed by atoms with E-state index in [1.165, 1.54) is 31.2 Å². The van der Waals surface area contributed by atoms with Crippen LogP contribution in [0.5, 0.6) is 5.75 Å². The van der Waals surface area contributed by atoms with Gasteiger partial charge in [-0.2, -0.15) is 0 Å². The number of aryl methyl sites for hydroxylation is 1. The number of likely N-dealkylation sites (N-methyl/N-ethyl adjacent to an activating group) is 1. The number of nitrogens with zero attached hydrogens (tertiary/aromatic N) is 2. The van der Waals surface area contributed by atoms with Crippen molar-refractivity contribution in [3.8, 4) is 5.75 Å². The largest absolute Gasteiger partial charge is 0.497 e. The van der Waals surface area contributed by atoms with Gasteiger partial charge in [0.15, 0.2) is 0 Å². The first-order valence-electron chi connectivity index (χ1n) is 11.5. The van der Waals surface area contributed by atoms with E-state index < -0.39 is 28.5 Å². The van der Waals surface area contributed by atoms with Gasteiger partial charge in [0.25, 0.3) is 10.0 Å². The molecular formula is C27H31N3O5S. The van der Waals surface area contributed by atoms with Gasteiger partial charge in [0.05, 0.1) is 17.7 Å². The van der Waals surface area contributed by atoms with Crippen molar-refractivity contribution in [2.24, 2.45) is 0 Å². The average Bonchev–Trinajstić information content (AvgIpc) is 2.90. The summed E-state index contributed by atoms with van der Waals surface area (Å²) in [6.45, 7) is 3.23. The molecule has 36 heavy (non-hydrogen) atoms. The second-order valence-corrected chi connectivity index (χ2v) is 10.1. The van der Waals surface area contributed by atoms with Gasteiger partial charge in [-0.15, -0.1) is 0 Å². The molecule has 0 aliphatic rings. The van der Waals surface area contributed by atoms with Crippen molar-refractivity contribution in [3.05, 3.63) is 90.0 Å². The molecule has 0 saturated heterocycles. The second-order valence-electron chi connectivity index (χ2n) is 8.26. The lowest BCUT2D eigenvalue weighted by atomic mass is 10.1. The fourth-order valence-electron chi connectivity index (χ4n) is 3.76. The first kappa shape index (κ1) is 26.7. The number of carbonyl (C=O) groups excluding carboxylic acids is 2. The van der Waals surface area contributed by atoms with Crippen molar-refractivity contribution in [1.82, 2.24) is 10.2 Å². The molecule has 2 amide bonds. The molecule has 190 valence electrons. The first-order valence-corrected chi connectivity index (χ1v) is 12.9. The van der Waals surface area contributed by atoms with Crippen LogP contribution in [0.25, 0.3) is 0 Å². The molecule has 0 saturated carbocycles. The van der Waals surface area contributed by atoms with Gasteiger partial charge in [-0.1, -0.05) is 42.5 Å². The summed E-state index contributed by atoms with van der Waals surface area (Å²) in [5.74, 6) is -0.336. The number of hydrogen-bond acceptors (Lipinski definition) is 5. The maximum absolute atomic E-state index is 13.7. The molecule has 0 radical (unpaired) electrons. The van der Waals surface area contributed by atoms with E-state index in [-0.39, 0.29) is 17.3 Å². The highest BCUT2D eigenvalue weighted by Gasteiger charge is 2.32. The number of nitrogens with one attached hydrogen (secondary N) is 1. The van der Waals surface area contributed by atoms with E-state index in [2.05, 4.69) is 5.32 Å². The summed E-state index contributed by atoms with van der Waals surface area (Å²) in [5, 5.41) is 2.58. The van der Waals surface area contributed by atoms with Gasteiger partial charge in [-0.05, 0) is 61.4 Å². The highest BCUT2D eigenvalue weighted by atomic mass is 32.2. The zero-order valence-electron chi connectivity index (χ0n) is 20.8. The minimum absolute atomic E-state index is 0.0183. The Labute approximate surface area is 212 Å². The molecule has 9 heteroatoms. The zero-order valence-corrected chi connectivity index (χ0v) is 21.7. The van der Waals surface area contributed by atoms with Crippen molar-refractivity contribution in [2.75, 3.05) is 25.0 Å². The van der Waals surface area contributed by atoms with Gasteiger partial charge >= 0.3 is 0 Å². The Morgan fingerprint density at radius 3 is 2.14 bits per heavy atom. The third-order valence-electron chi connectivity index (χ3n) is 5.99. The number of hydrogen-bond donors (Lipinski definition) is 1. The third kappa shape index (κ3) is 6.04. The fourth-order valence-corrected chi connectivity index (χ4v) is 5.17. The summed E-state index contributed by atoms with van der Waals surface area (Å²) >= 11 is 0. The summed E-state index contributed by atoms with van der Waals surface area (Å²) in [4.78, 5) is 27.6. The molecular weight excluding hydrogens is 478 g/mol. The van der Waals surface area contributed by atoms with Crippen LogP contribution in [0, 0.1) is 6.92 Å². The lowest BCUT2D eigenvalue weighted by molar-refractivity contribution is -0.139. The molecule has 0 heterocycles. The number of ether oxygens (including phenoxy) is 1. The number of amides is 2. The monoisotopic (exact) mass is 509 g/mol. The van der Waals surface area contributed by atoms with Crippen LogP contribution in [0.15, 0.2) is 83.8 Å². The summed E-state index contributed by atoms with van der Waals surface area (Å²) in [7, 11) is -1.12. The van der Waals surface area contributed by atoms with E-state index in [0.29, 0.717) is 11.4 Å². The van der Waals surface area contributed by atoms with Gasteiger partial charge in [-0.3, -0.25) is 13.9 Å². The number of rotatable bonds is 10. The molecule has 0 aliphatic carbocycles. The molecule has 0 bridgehead atoms. The second kappa shape index (κ2) is 11.7. The van der Waals surface area contributed by atoms with E-state index in [1.54, 1.807) is 49.4 Å². The van der Waals surface area contributed by atoms with E-state index in [1.807, 2.05) is 31.2 Å². The van der Waals surface area contributed by atoms with Crippen LogP contribution in [0.1, 0.15) is 18.1 Å². The maximum atomic E-state index is 13.7. The van der Waals surface area contributed by atoms with Crippen LogP contribution < -0.4 is 14.4 Å². The molecule has 8 nitrogen and oxygen atoms in total. The minimum Gasteiger partial charge on any atom is -0.497 e. The summed E-state index contributed by atoms with van der Waals surface area (Å²) in [6.07, 6.45) is 0. The Morgan fingerprint density at radius 2 is 1.56 bits per heavy atom. The normalized spacial score (nSPS) is 11.9. The van der Waals surface area contributed by atoms with Crippen molar-refractivity contribution < 1.29 is 22.7 Å². The Bertz CT molecular complexity index is 1290. The summed E-state index contributed by atoms with van der Waals surface area (Å²) in [5.41, 5.74) is 2.17. The fraction of sp³-hybridized carbons (Fsp3) is 0.259. The quantitative estimate of drug-likeness (QED) is 0.452. The van der Waals surface area contributed by atoms with Crippen molar-refractivity contribution in [3.63, 3.8) is 0 Å². The van der Waals surface area contributed by atoms with Gasteiger partial charge in [0, 0.05) is 13.6 Å². The highest BCUT2D eigenvalue weighted by molar-refractivity contribution is 7.92. The highest BCUT2D eigenvalue weighted by Crippen LogP contribution is 2.26. The number of sulfonamides is 1. The molecule has 3 aromatic rings. The molecule has 1 atom stereocenters. The van der Waals surface area contributed by atoms with Crippen molar-refractivity contribution in [2.45, 2.75) is 31.3 Å². The number of anilines is 1. The Morgan fingerprint density at radius 1 is 0.944 bits per heavy atom. The van der Waals surface area contributed by atoms with E-state index in [4.69, 9.17) is 4.74 Å². The molecule has 0 unspecified atom stereocenters. The van der Waals surface area contributed by atoms with Gasteiger partial charge < -0.3 is 15.0 Å². The lowest BCUT2D eigenvalue weighted by Gasteiger charge is -2.32. The lowest BCUT2D eigenvalue weighted by Crippen LogP contribution is -2.50. The standard InChI is InChI=1S/C27H31N3O5S/c1-20-10-8-9-11-22(20)18-29(21(2)27(32)28-3)26(31)19-30(23-12-6-5-7-13-23)36(33,34)25-16-14-24(35-4)15-17-25/h5-17,21H,18-19H2,1-4H3,(H,28,32)/t21-/m1/s1. The van der Waals surface area contributed by atoms with Crippen molar-refractivity contribution >= 4 is 27.5 Å². The molecule has 0 aliphatic heterocycles. The predicted octanol–water partition coefficient (Wildman–Crippen LogP) is 3.36. The topological polar surface area (TPSA) is 96.0 Å². The first-order chi connectivity index (χ1) is 17.2. The SMILES string of the molecule is CNC(=O)[C@@H](C)N(Cc1ccccc1C)C(=O)CN(c1ccccc1)S(=O)(=O)c1ccc(OC)cc1. The molecule has 0 spiro atoms. The van der Waals surface area contributed by atoms with Crippen LogP contribution in [0.3, 0.4) is 0 Å². The Balaban J connectivity index is 2.01. The summed E-state index contributed by atoms with van der Waals surface area (Å²) in [6, 6.07) is 21.2. The maximum Gasteiger partial charge on any atom is 0.264 e. The van der Waals surface area contributed by atoms with E-state index in [0.717, 1.165) is 15.4 Å². The third-order valence-corrected chi connectivity index (χ3v) is 7.77. The molecule has 3 rings (SSSR count). The smallest absolute Gasteiger partial charge is 0.264 e. The molecule has 0 aromatic heterocycles. The van der Waals surface area contributed by atoms with Crippen LogP contribution in [-0.4, -0.2) is 51.9 Å².